The Labute approximate surface area is 199 Å². The first-order valence-corrected chi connectivity index (χ1v) is 11.7. The lowest BCUT2D eigenvalue weighted by Crippen LogP contribution is -2.57. The molecule has 0 spiro atoms. The average Bonchev–Trinajstić information content (AvgIpc) is 3.43. The van der Waals surface area contributed by atoms with Gasteiger partial charge in [0, 0.05) is 41.5 Å². The number of aromatic amines is 1. The molecule has 0 aliphatic carbocycles. The number of benzene rings is 1. The smallest absolute Gasteiger partial charge is 0.245 e. The van der Waals surface area contributed by atoms with Gasteiger partial charge in [0.05, 0.1) is 5.54 Å². The number of carbonyl (C=O) groups excluding carboxylic acids is 2. The molecule has 3 heterocycles. The number of likely N-dealkylation sites (tertiary alicyclic amines) is 1. The topological polar surface area (TPSA) is 91.2 Å². The Bertz CT molecular complexity index is 1050. The maximum absolute atomic E-state index is 13.5. The summed E-state index contributed by atoms with van der Waals surface area (Å²) in [7, 11) is 0. The molecule has 6 nitrogen and oxygen atoms in total. The summed E-state index contributed by atoms with van der Waals surface area (Å²) in [5.41, 5.74) is 6.98. The Hall–Kier alpha value is -2.35. The molecule has 0 bridgehead atoms. The number of nitrogens with zero attached hydrogens (tertiary/aromatic N) is 1. The first-order chi connectivity index (χ1) is 14.8. The summed E-state index contributed by atoms with van der Waals surface area (Å²) in [6.45, 7) is 4.71. The quantitative estimate of drug-likeness (QED) is 0.507. The number of para-hydroxylation sites is 1. The van der Waals surface area contributed by atoms with Crippen LogP contribution in [0.4, 0.5) is 0 Å². The van der Waals surface area contributed by atoms with Crippen molar-refractivity contribution in [3.05, 3.63) is 58.4 Å². The van der Waals surface area contributed by atoms with Crippen molar-refractivity contribution in [3.8, 4) is 0 Å². The second-order valence-corrected chi connectivity index (χ2v) is 9.91. The van der Waals surface area contributed by atoms with E-state index in [-0.39, 0.29) is 24.2 Å². The molecule has 8 heteroatoms. The van der Waals surface area contributed by atoms with Crippen LogP contribution in [-0.2, 0) is 16.0 Å². The Morgan fingerprint density at radius 3 is 2.59 bits per heavy atom. The van der Waals surface area contributed by atoms with Gasteiger partial charge in [-0.25, -0.2) is 0 Å². The number of amides is 2. The molecule has 1 atom stereocenters. The normalized spacial score (nSPS) is 15.9. The van der Waals surface area contributed by atoms with E-state index in [1.807, 2.05) is 35.4 Å². The molecule has 32 heavy (non-hydrogen) atoms. The van der Waals surface area contributed by atoms with Gasteiger partial charge in [0.15, 0.2) is 0 Å². The molecule has 1 saturated heterocycles. The molecule has 2 amide bonds. The summed E-state index contributed by atoms with van der Waals surface area (Å²) >= 11 is 1.78. The van der Waals surface area contributed by atoms with Gasteiger partial charge in [0.1, 0.15) is 6.04 Å². The van der Waals surface area contributed by atoms with E-state index >= 15 is 0 Å². The molecule has 1 fully saturated rings. The summed E-state index contributed by atoms with van der Waals surface area (Å²) in [5, 5.41) is 6.10. The highest BCUT2D eigenvalue weighted by Crippen LogP contribution is 2.31. The number of H-pyrrole nitrogens is 1. The zero-order valence-electron chi connectivity index (χ0n) is 18.5. The van der Waals surface area contributed by atoms with E-state index in [0.29, 0.717) is 25.4 Å². The van der Waals surface area contributed by atoms with E-state index in [2.05, 4.69) is 27.8 Å². The highest BCUT2D eigenvalue weighted by molar-refractivity contribution is 7.10. The molecule has 2 aromatic heterocycles. The van der Waals surface area contributed by atoms with Crippen LogP contribution in [0, 0.1) is 0 Å². The van der Waals surface area contributed by atoms with E-state index in [4.69, 9.17) is 5.73 Å². The van der Waals surface area contributed by atoms with Crippen molar-refractivity contribution < 1.29 is 9.59 Å². The monoisotopic (exact) mass is 474 g/mol. The second kappa shape index (κ2) is 10.1. The molecule has 3 aromatic rings. The number of carbonyl (C=O) groups is 2. The number of rotatable bonds is 6. The number of nitrogens with two attached hydrogens (primary N) is 1. The number of thiophene rings is 1. The van der Waals surface area contributed by atoms with Crippen LogP contribution in [0.1, 0.15) is 43.0 Å². The van der Waals surface area contributed by atoms with Gasteiger partial charge in [-0.3, -0.25) is 9.59 Å². The van der Waals surface area contributed by atoms with Gasteiger partial charge in [0.25, 0.3) is 0 Å². The van der Waals surface area contributed by atoms with Crippen LogP contribution in [-0.4, -0.2) is 46.4 Å². The van der Waals surface area contributed by atoms with Gasteiger partial charge < -0.3 is 20.9 Å². The zero-order chi connectivity index (χ0) is 22.0. The molecule has 4 N–H and O–H groups in total. The van der Waals surface area contributed by atoms with Gasteiger partial charge in [-0.05, 0) is 55.7 Å². The number of fused-ring (bicyclic) bond motifs is 1. The molecule has 0 saturated carbocycles. The third-order valence-corrected chi connectivity index (χ3v) is 7.07. The van der Waals surface area contributed by atoms with E-state index in [9.17, 15) is 9.59 Å². The molecule has 0 radical (unpaired) electrons. The molecule has 0 unspecified atom stereocenters. The van der Waals surface area contributed by atoms with Crippen molar-refractivity contribution in [3.63, 3.8) is 0 Å². The molecule has 172 valence electrons. The van der Waals surface area contributed by atoms with Gasteiger partial charge in [-0.15, -0.1) is 23.7 Å². The maximum Gasteiger partial charge on any atom is 0.245 e. The van der Waals surface area contributed by atoms with Crippen LogP contribution < -0.4 is 11.1 Å². The van der Waals surface area contributed by atoms with Gasteiger partial charge in [-0.2, -0.15) is 0 Å². The van der Waals surface area contributed by atoms with Crippen molar-refractivity contribution in [2.24, 2.45) is 5.73 Å². The van der Waals surface area contributed by atoms with Crippen LogP contribution in [0.2, 0.25) is 0 Å². The Morgan fingerprint density at radius 1 is 1.22 bits per heavy atom. The standard InChI is InChI=1S/C24H30N4O2S.ClH/c1-24(2,25)23(30)27-20(14-17-15-26-19-7-4-3-6-18(17)19)22(29)28-11-9-16(10-12-28)21-8-5-13-31-21;/h3-8,13,15-16,20,26H,9-12,14,25H2,1-2H3,(H,27,30);1H/t20-;/m1./s1. The number of halogens is 1. The Kier molecular flexibility index (Phi) is 7.64. The molecular weight excluding hydrogens is 444 g/mol. The van der Waals surface area contributed by atoms with Crippen LogP contribution in [0.3, 0.4) is 0 Å². The zero-order valence-corrected chi connectivity index (χ0v) is 20.1. The minimum absolute atomic E-state index is 0. The fourth-order valence-electron chi connectivity index (χ4n) is 4.19. The second-order valence-electron chi connectivity index (χ2n) is 8.93. The summed E-state index contributed by atoms with van der Waals surface area (Å²) in [4.78, 5) is 32.7. The average molecular weight is 475 g/mol. The van der Waals surface area contributed by atoms with Crippen molar-refractivity contribution in [2.45, 2.75) is 50.6 Å². The Balaban J connectivity index is 0.00000289. The summed E-state index contributed by atoms with van der Waals surface area (Å²) in [6.07, 6.45) is 4.24. The molecule has 4 rings (SSSR count). The number of aromatic nitrogens is 1. The number of nitrogens with one attached hydrogen (secondary N) is 2. The van der Waals surface area contributed by atoms with Crippen molar-refractivity contribution in [1.29, 1.82) is 0 Å². The number of piperidine rings is 1. The molecular formula is C24H31ClN4O2S. The van der Waals surface area contributed by atoms with Crippen LogP contribution >= 0.6 is 23.7 Å². The predicted octanol–water partition coefficient (Wildman–Crippen LogP) is 3.82. The summed E-state index contributed by atoms with van der Waals surface area (Å²) in [6, 6.07) is 11.6. The lowest BCUT2D eigenvalue weighted by Gasteiger charge is -2.35. The largest absolute Gasteiger partial charge is 0.361 e. The van der Waals surface area contributed by atoms with Gasteiger partial charge in [0.2, 0.25) is 11.8 Å². The molecule has 1 aliphatic rings. The van der Waals surface area contributed by atoms with Crippen molar-refractivity contribution in [1.82, 2.24) is 15.2 Å². The minimum atomic E-state index is -1.05. The molecule has 1 aliphatic heterocycles. The minimum Gasteiger partial charge on any atom is -0.361 e. The van der Waals surface area contributed by atoms with Gasteiger partial charge in [-0.1, -0.05) is 24.3 Å². The Morgan fingerprint density at radius 2 is 1.94 bits per heavy atom. The lowest BCUT2D eigenvalue weighted by atomic mass is 9.94. The van der Waals surface area contributed by atoms with E-state index in [0.717, 1.165) is 29.3 Å². The summed E-state index contributed by atoms with van der Waals surface area (Å²) < 4.78 is 0. The van der Waals surface area contributed by atoms with Crippen LogP contribution in [0.5, 0.6) is 0 Å². The van der Waals surface area contributed by atoms with Crippen LogP contribution in [0.25, 0.3) is 10.9 Å². The van der Waals surface area contributed by atoms with E-state index in [1.165, 1.54) is 4.88 Å². The fraction of sp³-hybridized carbons (Fsp3) is 0.417. The number of hydrogen-bond acceptors (Lipinski definition) is 4. The number of hydrogen-bond donors (Lipinski definition) is 3. The third kappa shape index (κ3) is 5.34. The SMILES string of the molecule is CC(C)(N)C(=O)N[C@H](Cc1c[nH]c2ccccc12)C(=O)N1CCC(c2cccs2)CC1.Cl. The van der Waals surface area contributed by atoms with Crippen molar-refractivity contribution >= 4 is 46.5 Å². The summed E-state index contributed by atoms with van der Waals surface area (Å²) in [5.74, 6) is 0.153. The highest BCUT2D eigenvalue weighted by Gasteiger charge is 2.33. The fourth-order valence-corrected chi connectivity index (χ4v) is 5.09. The first kappa shape index (κ1) is 24.3. The highest BCUT2D eigenvalue weighted by atomic mass is 35.5. The van der Waals surface area contributed by atoms with E-state index in [1.54, 1.807) is 25.2 Å². The third-order valence-electron chi connectivity index (χ3n) is 6.04. The molecule has 1 aromatic carbocycles. The lowest BCUT2D eigenvalue weighted by molar-refractivity contribution is -0.138. The van der Waals surface area contributed by atoms with Crippen molar-refractivity contribution in [2.75, 3.05) is 13.1 Å². The van der Waals surface area contributed by atoms with Crippen LogP contribution in [0.15, 0.2) is 48.0 Å². The van der Waals surface area contributed by atoms with Gasteiger partial charge >= 0.3 is 0 Å². The first-order valence-electron chi connectivity index (χ1n) is 10.8. The predicted molar refractivity (Wildman–Crippen MR) is 132 cm³/mol. The van der Waals surface area contributed by atoms with E-state index < -0.39 is 11.6 Å². The maximum atomic E-state index is 13.5.